The number of amides is 1. The van der Waals surface area contributed by atoms with Crippen LogP contribution in [-0.2, 0) is 4.79 Å². The first-order chi connectivity index (χ1) is 10.7. The first-order valence-corrected chi connectivity index (χ1v) is 8.36. The third-order valence-corrected chi connectivity index (χ3v) is 3.83. The Labute approximate surface area is 134 Å². The van der Waals surface area contributed by atoms with Crippen LogP contribution in [0, 0.1) is 0 Å². The smallest absolute Gasteiger partial charge is 0.217 e. The average Bonchev–Trinajstić information content (AvgIpc) is 3.00. The number of carbonyl (C=O) groups excluding carboxylic acids is 1. The lowest BCUT2D eigenvalue weighted by Gasteiger charge is -2.18. The summed E-state index contributed by atoms with van der Waals surface area (Å²) in [6, 6.07) is 7.42. The first-order valence-electron chi connectivity index (χ1n) is 6.96. The number of ether oxygens (including phenoxy) is 1. The maximum atomic E-state index is 11.5. The van der Waals surface area contributed by atoms with Crippen LogP contribution in [0.25, 0.3) is 5.69 Å². The molecule has 0 saturated carbocycles. The second-order valence-corrected chi connectivity index (χ2v) is 5.72. The van der Waals surface area contributed by atoms with E-state index in [1.54, 1.807) is 23.6 Å². The highest BCUT2D eigenvalue weighted by Crippen LogP contribution is 2.25. The summed E-state index contributed by atoms with van der Waals surface area (Å²) in [7, 11) is 1.62. The summed E-state index contributed by atoms with van der Waals surface area (Å²) in [6.07, 6.45) is 4.32. The highest BCUT2D eigenvalue weighted by atomic mass is 32.2. The molecule has 1 aromatic carbocycles. The van der Waals surface area contributed by atoms with Gasteiger partial charge >= 0.3 is 0 Å². The molecular weight excluding hydrogens is 300 g/mol. The zero-order chi connectivity index (χ0) is 15.9. The second kappa shape index (κ2) is 7.84. The van der Waals surface area contributed by atoms with Gasteiger partial charge in [-0.05, 0) is 30.6 Å². The number of methoxy groups -OCH3 is 1. The molecule has 118 valence electrons. The number of benzene rings is 1. The molecule has 1 amide bonds. The molecule has 0 aliphatic carbocycles. The molecule has 1 atom stereocenters. The van der Waals surface area contributed by atoms with Gasteiger partial charge in [-0.1, -0.05) is 12.1 Å². The largest absolute Gasteiger partial charge is 0.494 e. The zero-order valence-electron chi connectivity index (χ0n) is 12.9. The summed E-state index contributed by atoms with van der Waals surface area (Å²) in [5, 5.41) is 7.25. The molecule has 0 bridgehead atoms. The van der Waals surface area contributed by atoms with Crippen molar-refractivity contribution in [3.05, 3.63) is 36.4 Å². The van der Waals surface area contributed by atoms with Crippen molar-refractivity contribution in [2.24, 2.45) is 0 Å². The van der Waals surface area contributed by atoms with E-state index < -0.39 is 0 Å². The highest BCUT2D eigenvalue weighted by molar-refractivity contribution is 7.98. The van der Waals surface area contributed by atoms with Crippen LogP contribution >= 0.6 is 11.8 Å². The standard InChI is InChI=1S/C15H20N4O2S/c1-11(20)18-12(8-9-22-3)15-16-10-17-19(15)13-6-4-5-7-14(13)21-2/h4-7,10,12H,8-9H2,1-3H3,(H,18,20)/t12-/m0/s1. The molecule has 0 fully saturated rings. The van der Waals surface area contributed by atoms with E-state index in [9.17, 15) is 4.79 Å². The Morgan fingerprint density at radius 1 is 1.45 bits per heavy atom. The Balaban J connectivity index is 2.39. The molecule has 1 heterocycles. The molecule has 6 nitrogen and oxygen atoms in total. The van der Waals surface area contributed by atoms with Gasteiger partial charge in [-0.3, -0.25) is 4.79 Å². The van der Waals surface area contributed by atoms with Gasteiger partial charge in [0.15, 0.2) is 5.82 Å². The van der Waals surface area contributed by atoms with Crippen LogP contribution in [0.15, 0.2) is 30.6 Å². The Bertz CT molecular complexity index is 630. The molecule has 2 aromatic rings. The van der Waals surface area contributed by atoms with Crippen LogP contribution in [0.2, 0.25) is 0 Å². The van der Waals surface area contributed by atoms with Crippen molar-refractivity contribution in [2.75, 3.05) is 19.1 Å². The fraction of sp³-hybridized carbons (Fsp3) is 0.400. The summed E-state index contributed by atoms with van der Waals surface area (Å²) in [5.41, 5.74) is 0.803. The minimum atomic E-state index is -0.183. The number of hydrogen-bond donors (Lipinski definition) is 1. The van der Waals surface area contributed by atoms with E-state index in [2.05, 4.69) is 15.4 Å². The van der Waals surface area contributed by atoms with Crippen LogP contribution in [-0.4, -0.2) is 39.8 Å². The zero-order valence-corrected chi connectivity index (χ0v) is 13.8. The second-order valence-electron chi connectivity index (χ2n) is 4.74. The third kappa shape index (κ3) is 3.79. The van der Waals surface area contributed by atoms with Crippen molar-refractivity contribution in [2.45, 2.75) is 19.4 Å². The number of aromatic nitrogens is 3. The number of hydrogen-bond acceptors (Lipinski definition) is 5. The lowest BCUT2D eigenvalue weighted by atomic mass is 10.2. The molecule has 22 heavy (non-hydrogen) atoms. The van der Waals surface area contributed by atoms with Crippen LogP contribution in [0.1, 0.15) is 25.2 Å². The van der Waals surface area contributed by atoms with Crippen LogP contribution in [0.3, 0.4) is 0 Å². The Kier molecular flexibility index (Phi) is 5.83. The van der Waals surface area contributed by atoms with Gasteiger partial charge in [0.05, 0.1) is 13.2 Å². The average molecular weight is 320 g/mol. The van der Waals surface area contributed by atoms with E-state index in [-0.39, 0.29) is 11.9 Å². The Morgan fingerprint density at radius 2 is 2.23 bits per heavy atom. The number of nitrogens with one attached hydrogen (secondary N) is 1. The van der Waals surface area contributed by atoms with Crippen LogP contribution in [0.5, 0.6) is 5.75 Å². The molecule has 2 rings (SSSR count). The predicted molar refractivity (Wildman–Crippen MR) is 87.5 cm³/mol. The molecule has 1 aromatic heterocycles. The van der Waals surface area contributed by atoms with Gasteiger partial charge in [-0.15, -0.1) is 0 Å². The van der Waals surface area contributed by atoms with Gasteiger partial charge in [0.2, 0.25) is 5.91 Å². The summed E-state index contributed by atoms with van der Waals surface area (Å²) in [4.78, 5) is 15.8. The molecule has 0 unspecified atom stereocenters. The molecule has 1 N–H and O–H groups in total. The van der Waals surface area contributed by atoms with Gasteiger partial charge in [-0.25, -0.2) is 9.67 Å². The maximum Gasteiger partial charge on any atom is 0.217 e. The molecule has 0 aliphatic rings. The quantitative estimate of drug-likeness (QED) is 0.847. The van der Waals surface area contributed by atoms with Crippen molar-refractivity contribution in [3.8, 4) is 11.4 Å². The number of nitrogens with zero attached hydrogens (tertiary/aromatic N) is 3. The fourth-order valence-electron chi connectivity index (χ4n) is 2.23. The van der Waals surface area contributed by atoms with Crippen molar-refractivity contribution in [1.29, 1.82) is 0 Å². The van der Waals surface area contributed by atoms with Gasteiger partial charge in [0, 0.05) is 6.92 Å². The molecule has 0 radical (unpaired) electrons. The van der Waals surface area contributed by atoms with E-state index in [0.717, 1.165) is 17.9 Å². The Hall–Kier alpha value is -2.02. The predicted octanol–water partition coefficient (Wildman–Crippen LogP) is 2.21. The van der Waals surface area contributed by atoms with E-state index in [0.29, 0.717) is 11.6 Å². The lowest BCUT2D eigenvalue weighted by molar-refractivity contribution is -0.119. The van der Waals surface area contributed by atoms with Crippen molar-refractivity contribution in [3.63, 3.8) is 0 Å². The lowest BCUT2D eigenvalue weighted by Crippen LogP contribution is -2.29. The van der Waals surface area contributed by atoms with Crippen molar-refractivity contribution in [1.82, 2.24) is 20.1 Å². The monoisotopic (exact) mass is 320 g/mol. The minimum absolute atomic E-state index is 0.0827. The molecule has 0 spiro atoms. The normalized spacial score (nSPS) is 12.0. The molecule has 7 heteroatoms. The minimum Gasteiger partial charge on any atom is -0.494 e. The Morgan fingerprint density at radius 3 is 2.91 bits per heavy atom. The number of thioether (sulfide) groups is 1. The van der Waals surface area contributed by atoms with E-state index in [1.165, 1.54) is 13.3 Å². The maximum absolute atomic E-state index is 11.5. The van der Waals surface area contributed by atoms with E-state index in [1.807, 2.05) is 30.5 Å². The van der Waals surface area contributed by atoms with Gasteiger partial charge in [0.1, 0.15) is 17.8 Å². The van der Waals surface area contributed by atoms with E-state index in [4.69, 9.17) is 4.74 Å². The topological polar surface area (TPSA) is 69.0 Å². The number of rotatable bonds is 7. The SMILES string of the molecule is COc1ccccc1-n1ncnc1[C@H](CCSC)NC(C)=O. The summed E-state index contributed by atoms with van der Waals surface area (Å²) in [6.45, 7) is 1.51. The van der Waals surface area contributed by atoms with Crippen LogP contribution < -0.4 is 10.1 Å². The van der Waals surface area contributed by atoms with Gasteiger partial charge in [0.25, 0.3) is 0 Å². The molecule has 0 saturated heterocycles. The third-order valence-electron chi connectivity index (χ3n) is 3.19. The number of carbonyl (C=O) groups is 1. The summed E-state index contributed by atoms with van der Waals surface area (Å²) in [5.74, 6) is 2.25. The van der Waals surface area contributed by atoms with Crippen molar-refractivity contribution < 1.29 is 9.53 Å². The van der Waals surface area contributed by atoms with Crippen molar-refractivity contribution >= 4 is 17.7 Å². The highest BCUT2D eigenvalue weighted by Gasteiger charge is 2.21. The first kappa shape index (κ1) is 16.4. The van der Waals surface area contributed by atoms with E-state index >= 15 is 0 Å². The summed E-state index contributed by atoms with van der Waals surface area (Å²) < 4.78 is 7.11. The summed E-state index contributed by atoms with van der Waals surface area (Å²) >= 11 is 1.73. The van der Waals surface area contributed by atoms with Crippen LogP contribution in [0.4, 0.5) is 0 Å². The molecular formula is C15H20N4O2S. The fourth-order valence-corrected chi connectivity index (χ4v) is 2.70. The number of para-hydroxylation sites is 2. The van der Waals surface area contributed by atoms with Gasteiger partial charge < -0.3 is 10.1 Å². The van der Waals surface area contributed by atoms with Gasteiger partial charge in [-0.2, -0.15) is 16.9 Å². The molecule has 0 aliphatic heterocycles.